The Bertz CT molecular complexity index is 1210. The second-order valence-electron chi connectivity index (χ2n) is 6.35. The lowest BCUT2D eigenvalue weighted by Crippen LogP contribution is -2.42. The first-order chi connectivity index (χ1) is 14.8. The van der Waals surface area contributed by atoms with Gasteiger partial charge in [-0.2, -0.15) is 10.4 Å². The number of nitrogens with zero attached hydrogens (tertiary/aromatic N) is 2. The third kappa shape index (κ3) is 5.31. The van der Waals surface area contributed by atoms with Gasteiger partial charge in [0, 0.05) is 10.6 Å². The van der Waals surface area contributed by atoms with Gasteiger partial charge in [0.25, 0.3) is 5.91 Å². The summed E-state index contributed by atoms with van der Waals surface area (Å²) in [5, 5.41) is 15.4. The molecule has 0 unspecified atom stereocenters. The number of amides is 2. The molecule has 3 rings (SSSR count). The van der Waals surface area contributed by atoms with E-state index in [2.05, 4.69) is 21.0 Å². The summed E-state index contributed by atoms with van der Waals surface area (Å²) < 4.78 is 20.4. The number of nitrogens with one attached hydrogen (secondary N) is 3. The minimum Gasteiger partial charge on any atom is -0.453 e. The molecule has 158 valence electrons. The molecule has 1 aromatic heterocycles. The molecule has 11 heteroatoms. The van der Waals surface area contributed by atoms with Gasteiger partial charge in [0.05, 0.1) is 29.3 Å². The lowest BCUT2D eigenvalue weighted by Gasteiger charge is -2.13. The van der Waals surface area contributed by atoms with Crippen molar-refractivity contribution >= 4 is 35.0 Å². The summed E-state index contributed by atoms with van der Waals surface area (Å²) in [4.78, 5) is 24.2. The standard InChI is InChI=1S/C20H14Cl2FN5O3/c1-10-9-25-27-18(10)20(30)28-26-16(29)6-12-2-3-15(22)19(17(12)23)31-14-5-11(8-24)4-13(21)7-14/h2-5,7,9H,6H2,1H3,(H,25,27)(H,26,29)(H,28,30). The maximum Gasteiger partial charge on any atom is 0.287 e. The van der Waals surface area contributed by atoms with Crippen LogP contribution >= 0.6 is 23.2 Å². The molecule has 2 amide bonds. The van der Waals surface area contributed by atoms with Gasteiger partial charge in [-0.25, -0.2) is 4.39 Å². The van der Waals surface area contributed by atoms with Gasteiger partial charge in [0.1, 0.15) is 11.4 Å². The second kappa shape index (κ2) is 9.47. The van der Waals surface area contributed by atoms with Gasteiger partial charge in [-0.3, -0.25) is 25.5 Å². The molecule has 8 nitrogen and oxygen atoms in total. The largest absolute Gasteiger partial charge is 0.453 e. The van der Waals surface area contributed by atoms with Gasteiger partial charge in [-0.15, -0.1) is 0 Å². The van der Waals surface area contributed by atoms with Crippen molar-refractivity contribution in [3.63, 3.8) is 0 Å². The highest BCUT2D eigenvalue weighted by molar-refractivity contribution is 6.32. The van der Waals surface area contributed by atoms with E-state index in [-0.39, 0.29) is 38.4 Å². The van der Waals surface area contributed by atoms with E-state index in [1.807, 2.05) is 6.07 Å². The summed E-state index contributed by atoms with van der Waals surface area (Å²) in [5.41, 5.74) is 5.40. The molecule has 0 bridgehead atoms. The summed E-state index contributed by atoms with van der Waals surface area (Å²) in [6.07, 6.45) is 1.06. The first-order valence-electron chi connectivity index (χ1n) is 8.73. The molecule has 0 aliphatic carbocycles. The van der Waals surface area contributed by atoms with Crippen LogP contribution in [0.1, 0.15) is 27.2 Å². The first kappa shape index (κ1) is 22.1. The Morgan fingerprint density at radius 1 is 1.26 bits per heavy atom. The van der Waals surface area contributed by atoms with E-state index < -0.39 is 24.1 Å². The molecule has 0 spiro atoms. The maximum absolute atomic E-state index is 14.9. The molecule has 0 radical (unpaired) electrons. The molecular weight excluding hydrogens is 448 g/mol. The maximum atomic E-state index is 14.9. The zero-order valence-electron chi connectivity index (χ0n) is 15.9. The van der Waals surface area contributed by atoms with Crippen molar-refractivity contribution < 1.29 is 18.7 Å². The minimum absolute atomic E-state index is 0.0218. The van der Waals surface area contributed by atoms with E-state index in [1.54, 1.807) is 6.92 Å². The summed E-state index contributed by atoms with van der Waals surface area (Å²) in [5.74, 6) is -2.36. The quantitative estimate of drug-likeness (QED) is 0.498. The molecular formula is C20H14Cl2FN5O3. The number of hydrogen-bond donors (Lipinski definition) is 3. The summed E-state index contributed by atoms with van der Waals surface area (Å²) >= 11 is 12.0. The minimum atomic E-state index is -0.864. The van der Waals surface area contributed by atoms with Crippen LogP contribution in [-0.4, -0.2) is 22.0 Å². The Morgan fingerprint density at radius 2 is 2.03 bits per heavy atom. The number of aromatic amines is 1. The number of ether oxygens (including phenoxy) is 1. The number of hydrogen-bond acceptors (Lipinski definition) is 5. The number of nitriles is 1. The Balaban J connectivity index is 1.72. The van der Waals surface area contributed by atoms with Crippen LogP contribution in [0.25, 0.3) is 0 Å². The Hall–Kier alpha value is -3.61. The smallest absolute Gasteiger partial charge is 0.287 e. The average molecular weight is 462 g/mol. The molecule has 0 aliphatic heterocycles. The third-order valence-corrected chi connectivity index (χ3v) is 4.59. The summed E-state index contributed by atoms with van der Waals surface area (Å²) in [6, 6.07) is 8.79. The molecule has 1 heterocycles. The van der Waals surface area contributed by atoms with Crippen molar-refractivity contribution in [2.24, 2.45) is 0 Å². The van der Waals surface area contributed by atoms with Crippen molar-refractivity contribution in [3.8, 4) is 17.6 Å². The van der Waals surface area contributed by atoms with E-state index in [0.29, 0.717) is 5.56 Å². The third-order valence-electron chi connectivity index (χ3n) is 4.07. The summed E-state index contributed by atoms with van der Waals surface area (Å²) in [7, 11) is 0. The van der Waals surface area contributed by atoms with Crippen LogP contribution in [0.4, 0.5) is 4.39 Å². The number of rotatable bonds is 5. The number of halogens is 3. The molecule has 2 aromatic carbocycles. The predicted octanol–water partition coefficient (Wildman–Crippen LogP) is 3.83. The summed E-state index contributed by atoms with van der Waals surface area (Å²) in [6.45, 7) is 1.67. The van der Waals surface area contributed by atoms with E-state index >= 15 is 0 Å². The van der Waals surface area contributed by atoms with Crippen LogP contribution in [0.15, 0.2) is 36.5 Å². The highest BCUT2D eigenvalue weighted by Gasteiger charge is 2.18. The van der Waals surface area contributed by atoms with Crippen LogP contribution in [0.2, 0.25) is 10.0 Å². The molecule has 0 saturated carbocycles. The number of H-pyrrole nitrogens is 1. The Labute approximate surface area is 185 Å². The second-order valence-corrected chi connectivity index (χ2v) is 7.19. The van der Waals surface area contributed by atoms with Crippen molar-refractivity contribution in [2.75, 3.05) is 0 Å². The van der Waals surface area contributed by atoms with Gasteiger partial charge >= 0.3 is 0 Å². The number of benzene rings is 2. The fourth-order valence-corrected chi connectivity index (χ4v) is 3.00. The number of carbonyl (C=O) groups is 2. The van der Waals surface area contributed by atoms with Crippen LogP contribution in [0.3, 0.4) is 0 Å². The molecule has 0 aliphatic rings. The van der Waals surface area contributed by atoms with Gasteiger partial charge < -0.3 is 4.74 Å². The van der Waals surface area contributed by atoms with Crippen molar-refractivity contribution in [3.05, 3.63) is 74.8 Å². The molecule has 31 heavy (non-hydrogen) atoms. The number of carbonyl (C=O) groups excluding carboxylic acids is 2. The molecule has 3 aromatic rings. The normalized spacial score (nSPS) is 10.3. The van der Waals surface area contributed by atoms with Gasteiger partial charge in [-0.1, -0.05) is 29.3 Å². The zero-order valence-corrected chi connectivity index (χ0v) is 17.4. The Morgan fingerprint density at radius 3 is 2.71 bits per heavy atom. The topological polar surface area (TPSA) is 120 Å². The molecule has 0 saturated heterocycles. The fourth-order valence-electron chi connectivity index (χ4n) is 2.59. The Kier molecular flexibility index (Phi) is 6.74. The van der Waals surface area contributed by atoms with Crippen molar-refractivity contribution in [2.45, 2.75) is 13.3 Å². The average Bonchev–Trinajstić information content (AvgIpc) is 3.17. The monoisotopic (exact) mass is 461 g/mol. The van der Waals surface area contributed by atoms with Crippen LogP contribution in [0, 0.1) is 24.1 Å². The fraction of sp³-hybridized carbons (Fsp3) is 0.100. The number of hydrazine groups is 1. The number of aromatic nitrogens is 2. The lowest BCUT2D eigenvalue weighted by atomic mass is 10.1. The van der Waals surface area contributed by atoms with Crippen molar-refractivity contribution in [1.29, 1.82) is 5.26 Å². The molecule has 0 fully saturated rings. The van der Waals surface area contributed by atoms with E-state index in [0.717, 1.165) is 0 Å². The highest BCUT2D eigenvalue weighted by atomic mass is 35.5. The molecule has 0 atom stereocenters. The van der Waals surface area contributed by atoms with Crippen molar-refractivity contribution in [1.82, 2.24) is 21.0 Å². The van der Waals surface area contributed by atoms with Crippen LogP contribution in [-0.2, 0) is 11.2 Å². The zero-order chi connectivity index (χ0) is 22.5. The predicted molar refractivity (Wildman–Crippen MR) is 110 cm³/mol. The van der Waals surface area contributed by atoms with Gasteiger partial charge in [-0.05, 0) is 36.8 Å². The van der Waals surface area contributed by atoms with E-state index in [1.165, 1.54) is 36.5 Å². The highest BCUT2D eigenvalue weighted by Crippen LogP contribution is 2.35. The molecule has 3 N–H and O–H groups in total. The number of aryl methyl sites for hydroxylation is 1. The van der Waals surface area contributed by atoms with Gasteiger partial charge in [0.2, 0.25) is 5.91 Å². The SMILES string of the molecule is Cc1cn[nH]c1C(=O)NNC(=O)Cc1ccc(Cl)c(Oc2cc(Cl)cc(C#N)c2)c1F. The first-order valence-corrected chi connectivity index (χ1v) is 9.48. The van der Waals surface area contributed by atoms with Crippen LogP contribution in [0.5, 0.6) is 11.5 Å². The van der Waals surface area contributed by atoms with Gasteiger partial charge in [0.15, 0.2) is 11.6 Å². The lowest BCUT2D eigenvalue weighted by molar-refractivity contribution is -0.121. The van der Waals surface area contributed by atoms with Crippen LogP contribution < -0.4 is 15.6 Å². The van der Waals surface area contributed by atoms with E-state index in [9.17, 15) is 14.0 Å². The van der Waals surface area contributed by atoms with E-state index in [4.69, 9.17) is 33.2 Å².